The molecule has 0 fully saturated rings. The lowest BCUT2D eigenvalue weighted by Gasteiger charge is -2.14. The minimum Gasteiger partial charge on any atom is -0.312 e. The molecule has 0 bridgehead atoms. The van der Waals surface area contributed by atoms with Gasteiger partial charge in [0, 0.05) is 12.2 Å². The van der Waals surface area contributed by atoms with Crippen molar-refractivity contribution in [3.8, 4) is 0 Å². The highest BCUT2D eigenvalue weighted by Crippen LogP contribution is 2.25. The van der Waals surface area contributed by atoms with E-state index < -0.39 is 0 Å². The maximum absolute atomic E-state index is 4.47. The summed E-state index contributed by atoms with van der Waals surface area (Å²) in [4.78, 5) is 4.47. The fourth-order valence-electron chi connectivity index (χ4n) is 2.06. The normalized spacial score (nSPS) is 22.1. The number of aromatic nitrogens is 1. The van der Waals surface area contributed by atoms with Gasteiger partial charge in [-0.25, -0.2) is 0 Å². The Bertz CT molecular complexity index is 283. The molecule has 1 aliphatic rings. The van der Waals surface area contributed by atoms with Crippen LogP contribution < -0.4 is 5.32 Å². The van der Waals surface area contributed by atoms with E-state index in [1.54, 1.807) is 0 Å². The molecule has 1 aliphatic carbocycles. The zero-order valence-electron chi connectivity index (χ0n) is 8.09. The van der Waals surface area contributed by atoms with Crippen molar-refractivity contribution in [2.24, 2.45) is 0 Å². The molecule has 1 heterocycles. The molecule has 0 unspecified atom stereocenters. The standard InChI is InChI=1S/C11H16N2/c1-12-10-7-3-2-5-9-6-4-8-13-11(9)10/h4,6,8,10,12H,2-3,5,7H2,1H3/t10-/m1/s1. The van der Waals surface area contributed by atoms with Crippen LogP contribution >= 0.6 is 0 Å². The van der Waals surface area contributed by atoms with Crippen molar-refractivity contribution in [2.45, 2.75) is 31.7 Å². The van der Waals surface area contributed by atoms with E-state index in [0.717, 1.165) is 0 Å². The first-order valence-corrected chi connectivity index (χ1v) is 5.03. The monoisotopic (exact) mass is 176 g/mol. The van der Waals surface area contributed by atoms with Crippen LogP contribution in [0.3, 0.4) is 0 Å². The van der Waals surface area contributed by atoms with Crippen molar-refractivity contribution >= 4 is 0 Å². The first-order chi connectivity index (χ1) is 6.42. The number of fused-ring (bicyclic) bond motifs is 1. The van der Waals surface area contributed by atoms with Gasteiger partial charge in [-0.2, -0.15) is 0 Å². The molecule has 0 aromatic carbocycles. The zero-order chi connectivity index (χ0) is 9.10. The first kappa shape index (κ1) is 8.70. The van der Waals surface area contributed by atoms with Crippen LogP contribution in [-0.2, 0) is 6.42 Å². The second-order valence-corrected chi connectivity index (χ2v) is 3.63. The lowest BCUT2D eigenvalue weighted by atomic mass is 10.1. The maximum atomic E-state index is 4.47. The molecule has 2 heteroatoms. The van der Waals surface area contributed by atoms with Gasteiger partial charge in [0.15, 0.2) is 0 Å². The number of hydrogen-bond acceptors (Lipinski definition) is 2. The van der Waals surface area contributed by atoms with Crippen molar-refractivity contribution in [1.29, 1.82) is 0 Å². The lowest BCUT2D eigenvalue weighted by molar-refractivity contribution is 0.523. The Morgan fingerprint density at radius 2 is 2.38 bits per heavy atom. The zero-order valence-corrected chi connectivity index (χ0v) is 8.09. The van der Waals surface area contributed by atoms with Crippen LogP contribution in [0.15, 0.2) is 18.3 Å². The van der Waals surface area contributed by atoms with Gasteiger partial charge < -0.3 is 5.32 Å². The van der Waals surface area contributed by atoms with Gasteiger partial charge in [-0.15, -0.1) is 0 Å². The molecule has 13 heavy (non-hydrogen) atoms. The Kier molecular flexibility index (Phi) is 2.60. The second kappa shape index (κ2) is 3.88. The summed E-state index contributed by atoms with van der Waals surface area (Å²) in [5.41, 5.74) is 2.70. The average molecular weight is 176 g/mol. The molecule has 0 saturated heterocycles. The van der Waals surface area contributed by atoms with Gasteiger partial charge in [-0.05, 0) is 37.9 Å². The van der Waals surface area contributed by atoms with Crippen molar-refractivity contribution in [1.82, 2.24) is 10.3 Å². The third-order valence-corrected chi connectivity index (χ3v) is 2.79. The van der Waals surface area contributed by atoms with E-state index >= 15 is 0 Å². The van der Waals surface area contributed by atoms with Crippen LogP contribution in [0.5, 0.6) is 0 Å². The van der Waals surface area contributed by atoms with E-state index in [1.165, 1.54) is 36.9 Å². The first-order valence-electron chi connectivity index (χ1n) is 5.03. The van der Waals surface area contributed by atoms with E-state index in [-0.39, 0.29) is 0 Å². The molecule has 1 aromatic rings. The molecule has 0 radical (unpaired) electrons. The van der Waals surface area contributed by atoms with E-state index in [9.17, 15) is 0 Å². The number of nitrogens with one attached hydrogen (secondary N) is 1. The van der Waals surface area contributed by atoms with Crippen molar-refractivity contribution in [2.75, 3.05) is 7.05 Å². The van der Waals surface area contributed by atoms with E-state index in [1.807, 2.05) is 19.3 Å². The SMILES string of the molecule is CN[C@@H]1CCCCc2cccnc21. The summed E-state index contributed by atoms with van der Waals surface area (Å²) >= 11 is 0. The van der Waals surface area contributed by atoms with E-state index in [4.69, 9.17) is 0 Å². The molecule has 2 rings (SSSR count). The predicted molar refractivity (Wildman–Crippen MR) is 53.6 cm³/mol. The fraction of sp³-hybridized carbons (Fsp3) is 0.545. The number of nitrogens with zero attached hydrogens (tertiary/aromatic N) is 1. The molecule has 1 aromatic heterocycles. The molecule has 0 saturated carbocycles. The van der Waals surface area contributed by atoms with Gasteiger partial charge in [0.2, 0.25) is 0 Å². The summed E-state index contributed by atoms with van der Waals surface area (Å²) in [6.45, 7) is 0. The highest BCUT2D eigenvalue weighted by molar-refractivity contribution is 5.24. The third kappa shape index (κ3) is 1.73. The Morgan fingerprint density at radius 1 is 1.46 bits per heavy atom. The number of aryl methyl sites for hydroxylation is 1. The van der Waals surface area contributed by atoms with Gasteiger partial charge in [0.05, 0.1) is 5.69 Å². The van der Waals surface area contributed by atoms with Gasteiger partial charge in [-0.3, -0.25) is 4.98 Å². The quantitative estimate of drug-likeness (QED) is 0.662. The van der Waals surface area contributed by atoms with Crippen molar-refractivity contribution in [3.05, 3.63) is 29.6 Å². The van der Waals surface area contributed by atoms with Crippen LogP contribution in [0.25, 0.3) is 0 Å². The topological polar surface area (TPSA) is 24.9 Å². The van der Waals surface area contributed by atoms with E-state index in [0.29, 0.717) is 6.04 Å². The fourth-order valence-corrected chi connectivity index (χ4v) is 2.06. The highest BCUT2D eigenvalue weighted by Gasteiger charge is 2.17. The molecule has 70 valence electrons. The Balaban J connectivity index is 2.35. The third-order valence-electron chi connectivity index (χ3n) is 2.79. The molecule has 2 nitrogen and oxygen atoms in total. The van der Waals surface area contributed by atoms with Crippen LogP contribution in [0.1, 0.15) is 36.6 Å². The summed E-state index contributed by atoms with van der Waals surface area (Å²) in [5.74, 6) is 0. The molecule has 0 aliphatic heterocycles. The van der Waals surface area contributed by atoms with Gasteiger partial charge >= 0.3 is 0 Å². The van der Waals surface area contributed by atoms with Crippen LogP contribution in [-0.4, -0.2) is 12.0 Å². The number of pyridine rings is 1. The molecular formula is C11H16N2. The molecule has 0 spiro atoms. The predicted octanol–water partition coefficient (Wildman–Crippen LogP) is 2.07. The van der Waals surface area contributed by atoms with Gasteiger partial charge in [0.25, 0.3) is 0 Å². The van der Waals surface area contributed by atoms with Gasteiger partial charge in [-0.1, -0.05) is 12.5 Å². The smallest absolute Gasteiger partial charge is 0.0604 e. The Morgan fingerprint density at radius 3 is 3.23 bits per heavy atom. The summed E-state index contributed by atoms with van der Waals surface area (Å²) in [7, 11) is 2.02. The Hall–Kier alpha value is -0.890. The van der Waals surface area contributed by atoms with Crippen LogP contribution in [0.4, 0.5) is 0 Å². The lowest BCUT2D eigenvalue weighted by Crippen LogP contribution is -2.17. The summed E-state index contributed by atoms with van der Waals surface area (Å²) in [5, 5.41) is 3.34. The largest absolute Gasteiger partial charge is 0.312 e. The minimum atomic E-state index is 0.471. The number of hydrogen-bond donors (Lipinski definition) is 1. The van der Waals surface area contributed by atoms with Crippen molar-refractivity contribution < 1.29 is 0 Å². The maximum Gasteiger partial charge on any atom is 0.0604 e. The second-order valence-electron chi connectivity index (χ2n) is 3.63. The Labute approximate surface area is 79.4 Å². The summed E-state index contributed by atoms with van der Waals surface area (Å²) < 4.78 is 0. The van der Waals surface area contributed by atoms with Crippen LogP contribution in [0, 0.1) is 0 Å². The minimum absolute atomic E-state index is 0.471. The molecular weight excluding hydrogens is 160 g/mol. The van der Waals surface area contributed by atoms with Crippen LogP contribution in [0.2, 0.25) is 0 Å². The number of rotatable bonds is 1. The molecule has 0 amide bonds. The van der Waals surface area contributed by atoms with Gasteiger partial charge in [0.1, 0.15) is 0 Å². The van der Waals surface area contributed by atoms with E-state index in [2.05, 4.69) is 16.4 Å². The highest BCUT2D eigenvalue weighted by atomic mass is 14.9. The molecule has 1 N–H and O–H groups in total. The average Bonchev–Trinajstić information content (AvgIpc) is 2.39. The molecule has 1 atom stereocenters. The summed E-state index contributed by atoms with van der Waals surface area (Å²) in [6.07, 6.45) is 6.93. The van der Waals surface area contributed by atoms with Crippen molar-refractivity contribution in [3.63, 3.8) is 0 Å². The summed E-state index contributed by atoms with van der Waals surface area (Å²) in [6, 6.07) is 4.72.